The lowest BCUT2D eigenvalue weighted by atomic mass is 10.1. The van der Waals surface area contributed by atoms with Gasteiger partial charge in [-0.15, -0.1) is 0 Å². The SMILES string of the molecule is CCc1n[nH]c(CN(C)[C@@H](C)Cc2ncccc2C)n1. The van der Waals surface area contributed by atoms with Gasteiger partial charge in [0.15, 0.2) is 0 Å². The minimum Gasteiger partial charge on any atom is -0.296 e. The van der Waals surface area contributed by atoms with E-state index in [1.54, 1.807) is 0 Å². The van der Waals surface area contributed by atoms with Gasteiger partial charge >= 0.3 is 0 Å². The van der Waals surface area contributed by atoms with Gasteiger partial charge in [0.2, 0.25) is 0 Å². The molecule has 2 aromatic heterocycles. The molecular formula is C15H23N5. The van der Waals surface area contributed by atoms with Crippen molar-refractivity contribution in [2.24, 2.45) is 0 Å². The van der Waals surface area contributed by atoms with Crippen LogP contribution >= 0.6 is 0 Å². The first kappa shape index (κ1) is 14.7. The number of rotatable bonds is 6. The first-order chi connectivity index (χ1) is 9.60. The molecule has 1 N–H and O–H groups in total. The highest BCUT2D eigenvalue weighted by atomic mass is 15.2. The average molecular weight is 273 g/mol. The van der Waals surface area contributed by atoms with Gasteiger partial charge in [-0.05, 0) is 32.5 Å². The second-order valence-corrected chi connectivity index (χ2v) is 5.29. The van der Waals surface area contributed by atoms with Crippen LogP contribution in [0.2, 0.25) is 0 Å². The Balaban J connectivity index is 1.95. The maximum atomic E-state index is 4.46. The van der Waals surface area contributed by atoms with Gasteiger partial charge < -0.3 is 0 Å². The summed E-state index contributed by atoms with van der Waals surface area (Å²) in [5, 5.41) is 7.17. The fraction of sp³-hybridized carbons (Fsp3) is 0.533. The van der Waals surface area contributed by atoms with Crippen LogP contribution in [0.4, 0.5) is 0 Å². The third-order valence-corrected chi connectivity index (χ3v) is 3.65. The van der Waals surface area contributed by atoms with Crippen LogP contribution in [0.1, 0.15) is 36.8 Å². The minimum absolute atomic E-state index is 0.402. The van der Waals surface area contributed by atoms with E-state index >= 15 is 0 Å². The number of aryl methyl sites for hydroxylation is 2. The zero-order valence-electron chi connectivity index (χ0n) is 12.7. The molecule has 0 unspecified atom stereocenters. The molecule has 0 fully saturated rings. The van der Waals surface area contributed by atoms with E-state index in [1.165, 1.54) is 11.3 Å². The van der Waals surface area contributed by atoms with Crippen molar-refractivity contribution in [2.45, 2.75) is 46.2 Å². The van der Waals surface area contributed by atoms with Gasteiger partial charge in [0, 0.05) is 30.8 Å². The zero-order chi connectivity index (χ0) is 14.5. The summed E-state index contributed by atoms with van der Waals surface area (Å²) in [5.74, 6) is 1.80. The highest BCUT2D eigenvalue weighted by Crippen LogP contribution is 2.11. The molecule has 0 aliphatic carbocycles. The first-order valence-corrected chi connectivity index (χ1v) is 7.11. The van der Waals surface area contributed by atoms with E-state index in [2.05, 4.69) is 59.0 Å². The lowest BCUT2D eigenvalue weighted by Crippen LogP contribution is -2.31. The summed E-state index contributed by atoms with van der Waals surface area (Å²) in [6.07, 6.45) is 3.67. The molecular weight excluding hydrogens is 250 g/mol. The second kappa shape index (κ2) is 6.61. The van der Waals surface area contributed by atoms with E-state index in [-0.39, 0.29) is 0 Å². The average Bonchev–Trinajstić information content (AvgIpc) is 2.89. The van der Waals surface area contributed by atoms with Crippen LogP contribution in [0.5, 0.6) is 0 Å². The summed E-state index contributed by atoms with van der Waals surface area (Å²) in [7, 11) is 2.11. The van der Waals surface area contributed by atoms with E-state index in [9.17, 15) is 0 Å². The van der Waals surface area contributed by atoms with Crippen molar-refractivity contribution in [3.8, 4) is 0 Å². The number of aromatic amines is 1. The van der Waals surface area contributed by atoms with Crippen molar-refractivity contribution in [2.75, 3.05) is 7.05 Å². The van der Waals surface area contributed by atoms with Gasteiger partial charge in [-0.25, -0.2) is 4.98 Å². The summed E-state index contributed by atoms with van der Waals surface area (Å²) < 4.78 is 0. The Kier molecular flexibility index (Phi) is 4.84. The maximum absolute atomic E-state index is 4.46. The molecule has 0 saturated heterocycles. The summed E-state index contributed by atoms with van der Waals surface area (Å²) >= 11 is 0. The van der Waals surface area contributed by atoms with E-state index in [0.29, 0.717) is 6.04 Å². The Bertz CT molecular complexity index is 549. The monoisotopic (exact) mass is 273 g/mol. The molecule has 20 heavy (non-hydrogen) atoms. The predicted molar refractivity (Wildman–Crippen MR) is 79.4 cm³/mol. The van der Waals surface area contributed by atoms with Gasteiger partial charge in [0.05, 0.1) is 6.54 Å². The van der Waals surface area contributed by atoms with Crippen molar-refractivity contribution >= 4 is 0 Å². The molecule has 0 aliphatic rings. The first-order valence-electron chi connectivity index (χ1n) is 7.11. The number of pyridine rings is 1. The molecule has 5 heteroatoms. The normalized spacial score (nSPS) is 12.8. The smallest absolute Gasteiger partial charge is 0.150 e. The number of nitrogens with zero attached hydrogens (tertiary/aromatic N) is 4. The van der Waals surface area contributed by atoms with Crippen molar-refractivity contribution in [3.63, 3.8) is 0 Å². The van der Waals surface area contributed by atoms with Gasteiger partial charge in [0.25, 0.3) is 0 Å². The molecule has 108 valence electrons. The Morgan fingerprint density at radius 1 is 1.40 bits per heavy atom. The fourth-order valence-corrected chi connectivity index (χ4v) is 2.12. The molecule has 0 spiro atoms. The summed E-state index contributed by atoms with van der Waals surface area (Å²) in [5.41, 5.74) is 2.42. The lowest BCUT2D eigenvalue weighted by molar-refractivity contribution is 0.241. The quantitative estimate of drug-likeness (QED) is 0.876. The van der Waals surface area contributed by atoms with Gasteiger partial charge in [-0.1, -0.05) is 13.0 Å². The van der Waals surface area contributed by atoms with Crippen LogP contribution in [0.25, 0.3) is 0 Å². The van der Waals surface area contributed by atoms with Crippen molar-refractivity contribution in [1.82, 2.24) is 25.1 Å². The second-order valence-electron chi connectivity index (χ2n) is 5.29. The minimum atomic E-state index is 0.402. The van der Waals surface area contributed by atoms with Crippen LogP contribution in [0, 0.1) is 6.92 Å². The molecule has 1 atom stereocenters. The van der Waals surface area contributed by atoms with Gasteiger partial charge in [-0.2, -0.15) is 5.10 Å². The van der Waals surface area contributed by atoms with Crippen LogP contribution in [0.3, 0.4) is 0 Å². The Hall–Kier alpha value is -1.75. The molecule has 0 bridgehead atoms. The largest absolute Gasteiger partial charge is 0.296 e. The number of likely N-dealkylation sites (N-methyl/N-ethyl adjacent to an activating group) is 1. The van der Waals surface area contributed by atoms with Gasteiger partial charge in [0.1, 0.15) is 11.6 Å². The van der Waals surface area contributed by atoms with Crippen molar-refractivity contribution in [3.05, 3.63) is 41.2 Å². The molecule has 0 aliphatic heterocycles. The van der Waals surface area contributed by atoms with Gasteiger partial charge in [-0.3, -0.25) is 15.0 Å². The Labute approximate surface area is 120 Å². The summed E-state index contributed by atoms with van der Waals surface area (Å²) in [6.45, 7) is 7.16. The Morgan fingerprint density at radius 2 is 2.20 bits per heavy atom. The van der Waals surface area contributed by atoms with E-state index in [1.807, 2.05) is 12.3 Å². The maximum Gasteiger partial charge on any atom is 0.150 e. The van der Waals surface area contributed by atoms with Crippen LogP contribution < -0.4 is 0 Å². The third kappa shape index (κ3) is 3.63. The molecule has 2 rings (SSSR count). The highest BCUT2D eigenvalue weighted by molar-refractivity contribution is 5.18. The standard InChI is InChI=1S/C15H23N5/c1-5-14-17-15(19-18-14)10-20(4)12(3)9-13-11(2)7-6-8-16-13/h6-8,12H,5,9-10H2,1-4H3,(H,17,18,19)/t12-/m0/s1. The van der Waals surface area contributed by atoms with Crippen molar-refractivity contribution < 1.29 is 0 Å². The topological polar surface area (TPSA) is 57.7 Å². The molecule has 0 amide bonds. The number of aromatic nitrogens is 4. The fourth-order valence-electron chi connectivity index (χ4n) is 2.12. The lowest BCUT2D eigenvalue weighted by Gasteiger charge is -2.23. The molecule has 0 radical (unpaired) electrons. The summed E-state index contributed by atoms with van der Waals surface area (Å²) in [6, 6.07) is 4.49. The zero-order valence-corrected chi connectivity index (χ0v) is 12.7. The number of hydrogen-bond donors (Lipinski definition) is 1. The van der Waals surface area contributed by atoms with E-state index in [0.717, 1.165) is 31.0 Å². The third-order valence-electron chi connectivity index (χ3n) is 3.65. The van der Waals surface area contributed by atoms with Crippen LogP contribution in [-0.4, -0.2) is 38.2 Å². The highest BCUT2D eigenvalue weighted by Gasteiger charge is 2.14. The summed E-state index contributed by atoms with van der Waals surface area (Å²) in [4.78, 5) is 11.2. The Morgan fingerprint density at radius 3 is 2.85 bits per heavy atom. The van der Waals surface area contributed by atoms with Crippen LogP contribution in [0.15, 0.2) is 18.3 Å². The molecule has 2 aromatic rings. The predicted octanol–water partition coefficient (Wildman–Crippen LogP) is 2.13. The van der Waals surface area contributed by atoms with E-state index in [4.69, 9.17) is 0 Å². The number of H-pyrrole nitrogens is 1. The molecule has 2 heterocycles. The van der Waals surface area contributed by atoms with Crippen LogP contribution in [-0.2, 0) is 19.4 Å². The number of nitrogens with one attached hydrogen (secondary N) is 1. The van der Waals surface area contributed by atoms with E-state index < -0.39 is 0 Å². The number of hydrogen-bond acceptors (Lipinski definition) is 4. The molecule has 0 saturated carbocycles. The van der Waals surface area contributed by atoms with Crippen molar-refractivity contribution in [1.29, 1.82) is 0 Å². The molecule has 5 nitrogen and oxygen atoms in total. The molecule has 0 aromatic carbocycles.